The molecule has 1 saturated heterocycles. The first-order chi connectivity index (χ1) is 14.7. The summed E-state index contributed by atoms with van der Waals surface area (Å²) in [5.41, 5.74) is 1.23. The Kier molecular flexibility index (Phi) is 5.63. The van der Waals surface area contributed by atoms with Crippen LogP contribution in [0.2, 0.25) is 0 Å². The molecule has 31 heavy (non-hydrogen) atoms. The summed E-state index contributed by atoms with van der Waals surface area (Å²) in [7, 11) is 0. The normalized spacial score (nSPS) is 17.4. The van der Waals surface area contributed by atoms with E-state index in [2.05, 4.69) is 5.10 Å². The number of aromatic nitrogens is 3. The lowest BCUT2D eigenvalue weighted by molar-refractivity contribution is -0.143. The van der Waals surface area contributed by atoms with E-state index in [9.17, 15) is 14.4 Å². The Bertz CT molecular complexity index is 1070. The number of ether oxygens (including phenoxy) is 2. The maximum atomic E-state index is 13.4. The summed E-state index contributed by atoms with van der Waals surface area (Å²) in [5, 5.41) is 4.53. The number of nitrogens with zero attached hydrogens (tertiary/aromatic N) is 4. The lowest BCUT2D eigenvalue weighted by atomic mass is 9.93. The molecule has 4 rings (SSSR count). The maximum Gasteiger partial charge on any atom is 0.326 e. The van der Waals surface area contributed by atoms with Crippen molar-refractivity contribution in [2.24, 2.45) is 5.92 Å². The summed E-state index contributed by atoms with van der Waals surface area (Å²) in [6, 6.07) is 1.79. The van der Waals surface area contributed by atoms with E-state index in [0.29, 0.717) is 36.9 Å². The van der Waals surface area contributed by atoms with Crippen molar-refractivity contribution >= 4 is 17.5 Å². The van der Waals surface area contributed by atoms with Crippen LogP contribution in [0.4, 0.5) is 0 Å². The summed E-state index contributed by atoms with van der Waals surface area (Å²) in [5.74, 6) is -0.328. The van der Waals surface area contributed by atoms with Gasteiger partial charge in [0.2, 0.25) is 0 Å². The van der Waals surface area contributed by atoms with E-state index in [4.69, 9.17) is 9.47 Å². The highest BCUT2D eigenvalue weighted by molar-refractivity contribution is 5.97. The second-order valence-corrected chi connectivity index (χ2v) is 9.31. The fraction of sp³-hybridized carbons (Fsp3) is 0.636. The maximum absolute atomic E-state index is 13.4. The summed E-state index contributed by atoms with van der Waals surface area (Å²) in [6.07, 6.45) is 1.79. The molecule has 0 aliphatic carbocycles. The Morgan fingerprint density at radius 3 is 2.61 bits per heavy atom. The highest BCUT2D eigenvalue weighted by atomic mass is 16.5. The Morgan fingerprint density at radius 2 is 1.97 bits per heavy atom. The Hall–Kier alpha value is -2.68. The van der Waals surface area contributed by atoms with Gasteiger partial charge in [-0.15, -0.1) is 0 Å². The lowest BCUT2D eigenvalue weighted by Gasteiger charge is -2.26. The number of esters is 1. The molecule has 0 atom stereocenters. The number of amides is 1. The monoisotopic (exact) mass is 430 g/mol. The number of hydrogen-bond acceptors (Lipinski definition) is 6. The first kappa shape index (κ1) is 21.5. The topological polar surface area (TPSA) is 95.1 Å². The minimum atomic E-state index is -0.454. The van der Waals surface area contributed by atoms with E-state index in [1.54, 1.807) is 22.5 Å². The highest BCUT2D eigenvalue weighted by Crippen LogP contribution is 2.28. The fourth-order valence-electron chi connectivity index (χ4n) is 4.27. The molecular formula is C22H30N4O5. The molecular weight excluding hydrogens is 400 g/mol. The van der Waals surface area contributed by atoms with Gasteiger partial charge >= 0.3 is 5.97 Å². The largest absolute Gasteiger partial charge is 0.465 e. The predicted octanol–water partition coefficient (Wildman–Crippen LogP) is 1.74. The van der Waals surface area contributed by atoms with Gasteiger partial charge in [0.25, 0.3) is 11.5 Å². The van der Waals surface area contributed by atoms with Gasteiger partial charge in [-0.1, -0.05) is 20.8 Å². The molecule has 4 heterocycles. The van der Waals surface area contributed by atoms with Gasteiger partial charge in [-0.2, -0.15) is 9.61 Å². The molecule has 0 spiro atoms. The van der Waals surface area contributed by atoms with Crippen LogP contribution in [-0.2, 0) is 32.8 Å². The van der Waals surface area contributed by atoms with Crippen molar-refractivity contribution in [3.63, 3.8) is 0 Å². The van der Waals surface area contributed by atoms with Crippen LogP contribution < -0.4 is 5.56 Å². The van der Waals surface area contributed by atoms with Gasteiger partial charge < -0.3 is 18.9 Å². The van der Waals surface area contributed by atoms with Crippen molar-refractivity contribution in [3.8, 4) is 0 Å². The van der Waals surface area contributed by atoms with E-state index in [1.807, 2.05) is 20.8 Å². The fourth-order valence-corrected chi connectivity index (χ4v) is 4.27. The van der Waals surface area contributed by atoms with Crippen LogP contribution in [0.25, 0.3) is 5.65 Å². The zero-order valence-corrected chi connectivity index (χ0v) is 18.6. The molecule has 2 aliphatic rings. The lowest BCUT2D eigenvalue weighted by Crippen LogP contribution is -2.33. The van der Waals surface area contributed by atoms with Crippen molar-refractivity contribution in [2.75, 3.05) is 26.4 Å². The second kappa shape index (κ2) is 8.11. The summed E-state index contributed by atoms with van der Waals surface area (Å²) in [4.78, 5) is 40.7. The Morgan fingerprint density at radius 1 is 1.26 bits per heavy atom. The summed E-state index contributed by atoms with van der Waals surface area (Å²) in [6.45, 7) is 10.0. The zero-order chi connectivity index (χ0) is 22.3. The zero-order valence-electron chi connectivity index (χ0n) is 18.6. The third kappa shape index (κ3) is 3.98. The highest BCUT2D eigenvalue weighted by Gasteiger charge is 2.37. The van der Waals surface area contributed by atoms with E-state index in [1.165, 1.54) is 4.52 Å². The van der Waals surface area contributed by atoms with Crippen molar-refractivity contribution in [2.45, 2.75) is 59.0 Å². The molecule has 0 radical (unpaired) electrons. The molecule has 0 unspecified atom stereocenters. The molecule has 1 amide bonds. The molecule has 0 aromatic carbocycles. The minimum absolute atomic E-state index is 0.147. The van der Waals surface area contributed by atoms with Gasteiger partial charge in [-0.3, -0.25) is 14.4 Å². The quantitative estimate of drug-likeness (QED) is 0.671. The summed E-state index contributed by atoms with van der Waals surface area (Å²) < 4.78 is 13.5. The van der Waals surface area contributed by atoms with Crippen LogP contribution in [0.15, 0.2) is 10.9 Å². The van der Waals surface area contributed by atoms with Gasteiger partial charge in [0, 0.05) is 31.2 Å². The molecule has 2 aromatic rings. The van der Waals surface area contributed by atoms with E-state index >= 15 is 0 Å². The van der Waals surface area contributed by atoms with Crippen molar-refractivity contribution in [1.29, 1.82) is 0 Å². The van der Waals surface area contributed by atoms with Crippen LogP contribution in [0.1, 0.15) is 62.3 Å². The number of carbonyl (C=O) groups excluding carboxylic acids is 2. The molecule has 0 saturated carbocycles. The van der Waals surface area contributed by atoms with Crippen LogP contribution in [-0.4, -0.2) is 57.3 Å². The van der Waals surface area contributed by atoms with E-state index in [0.717, 1.165) is 18.5 Å². The van der Waals surface area contributed by atoms with Gasteiger partial charge in [-0.25, -0.2) is 0 Å². The van der Waals surface area contributed by atoms with Gasteiger partial charge in [0.1, 0.15) is 17.9 Å². The molecule has 0 bridgehead atoms. The van der Waals surface area contributed by atoms with Crippen LogP contribution in [0.3, 0.4) is 0 Å². The average molecular weight is 431 g/mol. The molecule has 168 valence electrons. The molecule has 1 fully saturated rings. The Labute approximate surface area is 180 Å². The van der Waals surface area contributed by atoms with Crippen LogP contribution in [0.5, 0.6) is 0 Å². The number of fused-ring (bicyclic) bond motifs is 2. The van der Waals surface area contributed by atoms with E-state index in [-0.39, 0.29) is 42.3 Å². The number of carbonyl (C=O) groups is 2. The van der Waals surface area contributed by atoms with Crippen LogP contribution >= 0.6 is 0 Å². The SMILES string of the molecule is CCOC(=O)Cn1c2c(c(=O)n3nc(C(C)(C)C)cc13)CN(CC1CCOCC1)C2=O. The predicted molar refractivity (Wildman–Crippen MR) is 113 cm³/mol. The van der Waals surface area contributed by atoms with Crippen molar-refractivity contribution in [3.05, 3.63) is 33.4 Å². The molecule has 2 aliphatic heterocycles. The smallest absolute Gasteiger partial charge is 0.326 e. The van der Waals surface area contributed by atoms with Gasteiger partial charge in [0.15, 0.2) is 0 Å². The molecule has 2 aromatic heterocycles. The standard InChI is InChI=1S/C22H30N4O5/c1-5-31-18(27)13-25-17-10-16(22(2,3)4)23-26(17)20(28)15-12-24(21(29)19(15)25)11-14-6-8-30-9-7-14/h10,14H,5-9,11-13H2,1-4H3. The minimum Gasteiger partial charge on any atom is -0.465 e. The van der Waals surface area contributed by atoms with Gasteiger partial charge in [-0.05, 0) is 25.7 Å². The summed E-state index contributed by atoms with van der Waals surface area (Å²) >= 11 is 0. The van der Waals surface area contributed by atoms with Crippen molar-refractivity contribution < 1.29 is 19.1 Å². The first-order valence-electron chi connectivity index (χ1n) is 10.9. The molecule has 0 N–H and O–H groups in total. The Balaban J connectivity index is 1.80. The third-order valence-electron chi connectivity index (χ3n) is 5.99. The van der Waals surface area contributed by atoms with Gasteiger partial charge in [0.05, 0.1) is 24.4 Å². The van der Waals surface area contributed by atoms with E-state index < -0.39 is 5.97 Å². The molecule has 9 heteroatoms. The second-order valence-electron chi connectivity index (χ2n) is 9.31. The number of rotatable bonds is 5. The van der Waals surface area contributed by atoms with Crippen molar-refractivity contribution in [1.82, 2.24) is 19.1 Å². The first-order valence-corrected chi connectivity index (χ1v) is 10.9. The van der Waals surface area contributed by atoms with Crippen LogP contribution in [0, 0.1) is 5.92 Å². The third-order valence-corrected chi connectivity index (χ3v) is 5.99. The number of hydrogen-bond donors (Lipinski definition) is 0. The molecule has 9 nitrogen and oxygen atoms in total. The average Bonchev–Trinajstić information content (AvgIpc) is 3.30.